The number of nitrogens with two attached hydrogens (primary N) is 1. The molecule has 1 rings (SSSR count). The summed E-state index contributed by atoms with van der Waals surface area (Å²) in [7, 11) is 1.55. The summed E-state index contributed by atoms with van der Waals surface area (Å²) in [6.07, 6.45) is 0. The molecule has 3 heteroatoms. The van der Waals surface area contributed by atoms with E-state index in [1.807, 2.05) is 13.8 Å². The number of hydrogen-bond acceptors (Lipinski definition) is 2. The summed E-state index contributed by atoms with van der Waals surface area (Å²) < 4.78 is 18.7. The van der Waals surface area contributed by atoms with Gasteiger partial charge in [-0.05, 0) is 31.0 Å². The molecule has 0 aliphatic carbocycles. The first-order chi connectivity index (χ1) is 6.61. The van der Waals surface area contributed by atoms with Crippen molar-refractivity contribution >= 4 is 0 Å². The third-order valence-corrected chi connectivity index (χ3v) is 2.39. The number of benzene rings is 1. The minimum atomic E-state index is -0.245. The summed E-state index contributed by atoms with van der Waals surface area (Å²) in [5, 5.41) is 0. The second kappa shape index (κ2) is 4.42. The van der Waals surface area contributed by atoms with Gasteiger partial charge in [0.2, 0.25) is 0 Å². The Hall–Kier alpha value is -1.09. The molecule has 78 valence electrons. The van der Waals surface area contributed by atoms with Gasteiger partial charge < -0.3 is 10.5 Å². The highest BCUT2D eigenvalue weighted by atomic mass is 19.1. The Morgan fingerprint density at radius 1 is 1.50 bits per heavy atom. The molecule has 0 aliphatic rings. The summed E-state index contributed by atoms with van der Waals surface area (Å²) in [4.78, 5) is 0. The van der Waals surface area contributed by atoms with Crippen LogP contribution in [0.2, 0.25) is 0 Å². The Labute approximate surface area is 83.9 Å². The van der Waals surface area contributed by atoms with Crippen LogP contribution in [0.4, 0.5) is 4.39 Å². The van der Waals surface area contributed by atoms with Gasteiger partial charge in [-0.3, -0.25) is 0 Å². The van der Waals surface area contributed by atoms with Crippen molar-refractivity contribution in [3.63, 3.8) is 0 Å². The fraction of sp³-hybridized carbons (Fsp3) is 0.455. The topological polar surface area (TPSA) is 35.2 Å². The van der Waals surface area contributed by atoms with Gasteiger partial charge in [0.05, 0.1) is 7.11 Å². The van der Waals surface area contributed by atoms with Crippen molar-refractivity contribution in [1.29, 1.82) is 0 Å². The predicted molar refractivity (Wildman–Crippen MR) is 55.2 cm³/mol. The summed E-state index contributed by atoms with van der Waals surface area (Å²) in [6, 6.07) is 3.17. The molecule has 0 amide bonds. The normalized spacial score (nSPS) is 12.6. The molecule has 0 bridgehead atoms. The Morgan fingerprint density at radius 3 is 2.64 bits per heavy atom. The number of hydrogen-bond donors (Lipinski definition) is 1. The highest BCUT2D eigenvalue weighted by Gasteiger charge is 2.16. The monoisotopic (exact) mass is 197 g/mol. The smallest absolute Gasteiger partial charge is 0.130 e. The Morgan fingerprint density at radius 2 is 2.14 bits per heavy atom. The van der Waals surface area contributed by atoms with Crippen LogP contribution in [-0.4, -0.2) is 13.7 Å². The molecule has 0 heterocycles. The first-order valence-electron chi connectivity index (χ1n) is 4.64. The average Bonchev–Trinajstić information content (AvgIpc) is 2.19. The van der Waals surface area contributed by atoms with Crippen LogP contribution in [0.1, 0.15) is 24.0 Å². The molecular weight excluding hydrogens is 181 g/mol. The Kier molecular flexibility index (Phi) is 3.47. The van der Waals surface area contributed by atoms with Crippen molar-refractivity contribution in [2.75, 3.05) is 13.7 Å². The van der Waals surface area contributed by atoms with Gasteiger partial charge in [0, 0.05) is 5.56 Å². The Bertz CT molecular complexity index is 325. The van der Waals surface area contributed by atoms with Gasteiger partial charge in [-0.1, -0.05) is 13.0 Å². The van der Waals surface area contributed by atoms with E-state index in [0.29, 0.717) is 17.9 Å². The van der Waals surface area contributed by atoms with E-state index in [4.69, 9.17) is 10.5 Å². The maximum Gasteiger partial charge on any atom is 0.130 e. The molecule has 14 heavy (non-hydrogen) atoms. The maximum absolute atomic E-state index is 13.5. The van der Waals surface area contributed by atoms with E-state index >= 15 is 0 Å². The first kappa shape index (κ1) is 11.0. The maximum atomic E-state index is 13.5. The van der Waals surface area contributed by atoms with Crippen LogP contribution in [0.15, 0.2) is 12.1 Å². The van der Waals surface area contributed by atoms with E-state index in [-0.39, 0.29) is 11.7 Å². The molecular formula is C11H16FNO. The lowest BCUT2D eigenvalue weighted by Gasteiger charge is -2.16. The Balaban J connectivity index is 3.29. The van der Waals surface area contributed by atoms with Crippen LogP contribution < -0.4 is 10.5 Å². The van der Waals surface area contributed by atoms with E-state index in [1.165, 1.54) is 6.07 Å². The van der Waals surface area contributed by atoms with Crippen molar-refractivity contribution in [3.8, 4) is 5.75 Å². The average molecular weight is 197 g/mol. The molecule has 0 aromatic heterocycles. The molecule has 1 atom stereocenters. The zero-order valence-electron chi connectivity index (χ0n) is 8.80. The molecule has 0 radical (unpaired) electrons. The molecule has 0 spiro atoms. The standard InChI is InChI=1S/C11H16FNO/c1-7-4-5-9(12)10(8(2)6-13)11(7)14-3/h4-5,8H,6,13H2,1-3H3. The quantitative estimate of drug-likeness (QED) is 0.806. The molecule has 1 unspecified atom stereocenters. The second-order valence-corrected chi connectivity index (χ2v) is 3.45. The number of halogens is 1. The highest BCUT2D eigenvalue weighted by Crippen LogP contribution is 2.31. The SMILES string of the molecule is COc1c(C)ccc(F)c1C(C)CN. The zero-order valence-corrected chi connectivity index (χ0v) is 8.80. The third kappa shape index (κ3) is 1.87. The fourth-order valence-corrected chi connectivity index (χ4v) is 1.53. The van der Waals surface area contributed by atoms with Gasteiger partial charge in [0.25, 0.3) is 0 Å². The molecule has 2 nitrogen and oxygen atoms in total. The van der Waals surface area contributed by atoms with Gasteiger partial charge in [0.1, 0.15) is 11.6 Å². The van der Waals surface area contributed by atoms with E-state index < -0.39 is 0 Å². The first-order valence-corrected chi connectivity index (χ1v) is 4.64. The van der Waals surface area contributed by atoms with Crippen LogP contribution in [-0.2, 0) is 0 Å². The summed E-state index contributed by atoms with van der Waals surface area (Å²) in [5.41, 5.74) is 7.04. The van der Waals surface area contributed by atoms with Gasteiger partial charge in [-0.2, -0.15) is 0 Å². The van der Waals surface area contributed by atoms with Crippen molar-refractivity contribution in [1.82, 2.24) is 0 Å². The number of ether oxygens (including phenoxy) is 1. The van der Waals surface area contributed by atoms with E-state index in [9.17, 15) is 4.39 Å². The summed E-state index contributed by atoms with van der Waals surface area (Å²) in [6.45, 7) is 4.20. The zero-order chi connectivity index (χ0) is 10.7. The number of rotatable bonds is 3. The van der Waals surface area contributed by atoms with E-state index in [2.05, 4.69) is 0 Å². The van der Waals surface area contributed by atoms with Crippen molar-refractivity contribution < 1.29 is 9.13 Å². The molecule has 2 N–H and O–H groups in total. The van der Waals surface area contributed by atoms with Crippen molar-refractivity contribution in [3.05, 3.63) is 29.1 Å². The minimum absolute atomic E-state index is 0.0233. The highest BCUT2D eigenvalue weighted by molar-refractivity contribution is 5.43. The van der Waals surface area contributed by atoms with E-state index in [1.54, 1.807) is 13.2 Å². The van der Waals surface area contributed by atoms with Crippen LogP contribution in [0, 0.1) is 12.7 Å². The van der Waals surface area contributed by atoms with Crippen LogP contribution in [0.25, 0.3) is 0 Å². The third-order valence-electron chi connectivity index (χ3n) is 2.39. The molecule has 0 saturated carbocycles. The summed E-state index contributed by atoms with van der Waals surface area (Å²) >= 11 is 0. The number of methoxy groups -OCH3 is 1. The molecule has 1 aromatic rings. The fourth-order valence-electron chi connectivity index (χ4n) is 1.53. The second-order valence-electron chi connectivity index (χ2n) is 3.45. The van der Waals surface area contributed by atoms with E-state index in [0.717, 1.165) is 5.56 Å². The lowest BCUT2D eigenvalue weighted by molar-refractivity contribution is 0.397. The van der Waals surface area contributed by atoms with Crippen molar-refractivity contribution in [2.45, 2.75) is 19.8 Å². The summed E-state index contributed by atoms with van der Waals surface area (Å²) in [5.74, 6) is 0.346. The molecule has 0 aliphatic heterocycles. The van der Waals surface area contributed by atoms with Crippen LogP contribution in [0.5, 0.6) is 5.75 Å². The largest absolute Gasteiger partial charge is 0.496 e. The van der Waals surface area contributed by atoms with Gasteiger partial charge >= 0.3 is 0 Å². The molecule has 1 aromatic carbocycles. The van der Waals surface area contributed by atoms with Gasteiger partial charge in [-0.15, -0.1) is 0 Å². The predicted octanol–water partition coefficient (Wildman–Crippen LogP) is 2.20. The number of aryl methyl sites for hydroxylation is 1. The lowest BCUT2D eigenvalue weighted by atomic mass is 9.97. The van der Waals surface area contributed by atoms with Gasteiger partial charge in [-0.25, -0.2) is 4.39 Å². The van der Waals surface area contributed by atoms with Gasteiger partial charge in [0.15, 0.2) is 0 Å². The van der Waals surface area contributed by atoms with Crippen LogP contribution >= 0.6 is 0 Å². The molecule has 0 saturated heterocycles. The minimum Gasteiger partial charge on any atom is -0.496 e. The molecule has 0 fully saturated rings. The lowest BCUT2D eigenvalue weighted by Crippen LogP contribution is -2.12. The van der Waals surface area contributed by atoms with Crippen molar-refractivity contribution in [2.24, 2.45) is 5.73 Å². The van der Waals surface area contributed by atoms with Crippen LogP contribution in [0.3, 0.4) is 0 Å².